The van der Waals surface area contributed by atoms with E-state index in [0.717, 1.165) is 22.0 Å². The van der Waals surface area contributed by atoms with E-state index in [1.54, 1.807) is 18.3 Å². The molecule has 3 rings (SSSR count). The van der Waals surface area contributed by atoms with Gasteiger partial charge in [-0.25, -0.2) is 4.98 Å². The van der Waals surface area contributed by atoms with Gasteiger partial charge in [0.05, 0.1) is 12.1 Å². The summed E-state index contributed by atoms with van der Waals surface area (Å²) in [4.78, 5) is 4.55. The van der Waals surface area contributed by atoms with Gasteiger partial charge < -0.3 is 15.5 Å². The van der Waals surface area contributed by atoms with Crippen LogP contribution in [-0.4, -0.2) is 21.7 Å². The normalized spacial score (nSPS) is 14.0. The van der Waals surface area contributed by atoms with Gasteiger partial charge >= 0.3 is 0 Å². The molecular formula is C17H18N2O2S. The number of hydrogen-bond acceptors (Lipinski definition) is 5. The summed E-state index contributed by atoms with van der Waals surface area (Å²) in [6, 6.07) is 11.6. The van der Waals surface area contributed by atoms with Crippen molar-refractivity contribution in [1.82, 2.24) is 4.98 Å². The first kappa shape index (κ1) is 15.0. The standard InChI is InChI=1S/C17H18N2O2S/c1-17(21,14-6-7-22-10-14)11-18-16-13(9-20)8-12-4-2-3-5-15(12)19-16/h2-8,10,20-21H,9,11H2,1H3,(H,18,19). The lowest BCUT2D eigenvalue weighted by Gasteiger charge is -2.24. The van der Waals surface area contributed by atoms with Crippen molar-refractivity contribution in [2.45, 2.75) is 19.1 Å². The molecule has 0 saturated heterocycles. The quantitative estimate of drug-likeness (QED) is 0.677. The Kier molecular flexibility index (Phi) is 4.11. The number of nitrogens with zero attached hydrogens (tertiary/aromatic N) is 1. The van der Waals surface area contributed by atoms with Crippen molar-refractivity contribution in [3.63, 3.8) is 0 Å². The summed E-state index contributed by atoms with van der Waals surface area (Å²) in [6.07, 6.45) is 0. The van der Waals surface area contributed by atoms with Gasteiger partial charge in [-0.05, 0) is 41.4 Å². The SMILES string of the molecule is CC(O)(CNc1nc2ccccc2cc1CO)c1ccsc1. The highest BCUT2D eigenvalue weighted by Crippen LogP contribution is 2.25. The van der Waals surface area contributed by atoms with Crippen LogP contribution in [0.2, 0.25) is 0 Å². The van der Waals surface area contributed by atoms with Crippen LogP contribution in [0.5, 0.6) is 0 Å². The van der Waals surface area contributed by atoms with E-state index in [4.69, 9.17) is 0 Å². The highest BCUT2D eigenvalue weighted by Gasteiger charge is 2.23. The Morgan fingerprint density at radius 1 is 1.27 bits per heavy atom. The van der Waals surface area contributed by atoms with E-state index < -0.39 is 5.60 Å². The third-order valence-electron chi connectivity index (χ3n) is 3.72. The summed E-state index contributed by atoms with van der Waals surface area (Å²) >= 11 is 1.55. The first-order valence-electron chi connectivity index (χ1n) is 7.08. The molecule has 0 spiro atoms. The van der Waals surface area contributed by atoms with Crippen LogP contribution in [0.4, 0.5) is 5.82 Å². The van der Waals surface area contributed by atoms with Crippen LogP contribution < -0.4 is 5.32 Å². The van der Waals surface area contributed by atoms with Crippen molar-refractivity contribution in [1.29, 1.82) is 0 Å². The van der Waals surface area contributed by atoms with E-state index in [0.29, 0.717) is 12.4 Å². The molecule has 0 fully saturated rings. The van der Waals surface area contributed by atoms with Crippen molar-refractivity contribution in [2.75, 3.05) is 11.9 Å². The van der Waals surface area contributed by atoms with E-state index in [-0.39, 0.29) is 6.61 Å². The van der Waals surface area contributed by atoms with Gasteiger partial charge in [-0.3, -0.25) is 0 Å². The largest absolute Gasteiger partial charge is 0.392 e. The first-order chi connectivity index (χ1) is 10.6. The molecule has 0 saturated carbocycles. The van der Waals surface area contributed by atoms with Gasteiger partial charge in [-0.2, -0.15) is 11.3 Å². The highest BCUT2D eigenvalue weighted by atomic mass is 32.1. The van der Waals surface area contributed by atoms with Gasteiger partial charge in [0, 0.05) is 17.5 Å². The molecule has 0 bridgehead atoms. The Morgan fingerprint density at radius 3 is 2.82 bits per heavy atom. The second kappa shape index (κ2) is 6.04. The average Bonchev–Trinajstić information content (AvgIpc) is 3.07. The van der Waals surface area contributed by atoms with Crippen LogP contribution in [0.1, 0.15) is 18.1 Å². The molecule has 4 nitrogen and oxygen atoms in total. The third kappa shape index (κ3) is 2.97. The molecule has 0 aliphatic carbocycles. The van der Waals surface area contributed by atoms with Gasteiger partial charge in [0.2, 0.25) is 0 Å². The maximum absolute atomic E-state index is 10.6. The van der Waals surface area contributed by atoms with Crippen molar-refractivity contribution in [3.8, 4) is 0 Å². The van der Waals surface area contributed by atoms with Crippen molar-refractivity contribution in [2.24, 2.45) is 0 Å². The molecule has 0 amide bonds. The Hall–Kier alpha value is -1.95. The number of aromatic nitrogens is 1. The molecule has 5 heteroatoms. The molecule has 114 valence electrons. The number of thiophene rings is 1. The molecule has 22 heavy (non-hydrogen) atoms. The number of fused-ring (bicyclic) bond motifs is 1. The minimum absolute atomic E-state index is 0.0965. The van der Waals surface area contributed by atoms with E-state index in [1.165, 1.54) is 0 Å². The van der Waals surface area contributed by atoms with Gasteiger partial charge in [0.25, 0.3) is 0 Å². The summed E-state index contributed by atoms with van der Waals surface area (Å²) < 4.78 is 0. The van der Waals surface area contributed by atoms with Crippen molar-refractivity contribution in [3.05, 3.63) is 58.3 Å². The highest BCUT2D eigenvalue weighted by molar-refractivity contribution is 7.08. The van der Waals surface area contributed by atoms with Crippen LogP contribution in [0.3, 0.4) is 0 Å². The summed E-state index contributed by atoms with van der Waals surface area (Å²) in [5.41, 5.74) is 1.47. The lowest BCUT2D eigenvalue weighted by molar-refractivity contribution is 0.0718. The van der Waals surface area contributed by atoms with E-state index >= 15 is 0 Å². The zero-order valence-electron chi connectivity index (χ0n) is 12.3. The maximum atomic E-state index is 10.6. The lowest BCUT2D eigenvalue weighted by Crippen LogP contribution is -2.30. The predicted molar refractivity (Wildman–Crippen MR) is 90.0 cm³/mol. The molecular weight excluding hydrogens is 296 g/mol. The fraction of sp³-hybridized carbons (Fsp3) is 0.235. The Balaban J connectivity index is 1.87. The molecule has 3 aromatic rings. The minimum Gasteiger partial charge on any atom is -0.392 e. The maximum Gasteiger partial charge on any atom is 0.132 e. The number of pyridine rings is 1. The summed E-state index contributed by atoms with van der Waals surface area (Å²) in [5.74, 6) is 0.608. The molecule has 2 aromatic heterocycles. The zero-order valence-corrected chi connectivity index (χ0v) is 13.1. The summed E-state index contributed by atoms with van der Waals surface area (Å²) in [7, 11) is 0. The molecule has 1 unspecified atom stereocenters. The monoisotopic (exact) mass is 314 g/mol. The van der Waals surface area contributed by atoms with Crippen molar-refractivity contribution < 1.29 is 10.2 Å². The van der Waals surface area contributed by atoms with Crippen LogP contribution >= 0.6 is 11.3 Å². The molecule has 2 heterocycles. The predicted octanol–water partition coefficient (Wildman–Crippen LogP) is 3.11. The molecule has 1 aromatic carbocycles. The van der Waals surface area contributed by atoms with Crippen LogP contribution in [-0.2, 0) is 12.2 Å². The molecule has 1 atom stereocenters. The smallest absolute Gasteiger partial charge is 0.132 e. The zero-order chi connectivity index (χ0) is 15.6. The molecule has 3 N–H and O–H groups in total. The van der Waals surface area contributed by atoms with E-state index in [1.807, 2.05) is 47.2 Å². The fourth-order valence-electron chi connectivity index (χ4n) is 2.36. The number of aliphatic hydroxyl groups excluding tert-OH is 1. The van der Waals surface area contributed by atoms with Crippen LogP contribution in [0.15, 0.2) is 47.2 Å². The summed E-state index contributed by atoms with van der Waals surface area (Å²) in [5, 5.41) is 28.1. The Bertz CT molecular complexity index is 769. The van der Waals surface area contributed by atoms with Gasteiger partial charge in [0.15, 0.2) is 0 Å². The molecule has 0 aliphatic heterocycles. The number of nitrogens with one attached hydrogen (secondary N) is 1. The number of benzene rings is 1. The third-order valence-corrected chi connectivity index (χ3v) is 4.40. The first-order valence-corrected chi connectivity index (χ1v) is 8.03. The average molecular weight is 314 g/mol. The van der Waals surface area contributed by atoms with Gasteiger partial charge in [-0.1, -0.05) is 18.2 Å². The Morgan fingerprint density at radius 2 is 2.09 bits per heavy atom. The number of rotatable bonds is 5. The number of anilines is 1. The number of aliphatic hydroxyl groups is 2. The number of hydrogen-bond donors (Lipinski definition) is 3. The lowest BCUT2D eigenvalue weighted by atomic mass is 9.99. The second-order valence-corrected chi connectivity index (χ2v) is 6.27. The molecule has 0 radical (unpaired) electrons. The van der Waals surface area contributed by atoms with Gasteiger partial charge in [-0.15, -0.1) is 0 Å². The summed E-state index contributed by atoms with van der Waals surface area (Å²) in [6.45, 7) is 1.99. The van der Waals surface area contributed by atoms with Crippen molar-refractivity contribution >= 4 is 28.1 Å². The Labute approximate surface area is 133 Å². The minimum atomic E-state index is -0.986. The molecule has 0 aliphatic rings. The van der Waals surface area contributed by atoms with E-state index in [9.17, 15) is 10.2 Å². The van der Waals surface area contributed by atoms with Crippen LogP contribution in [0.25, 0.3) is 10.9 Å². The van der Waals surface area contributed by atoms with E-state index in [2.05, 4.69) is 10.3 Å². The fourth-order valence-corrected chi connectivity index (χ4v) is 3.14. The topological polar surface area (TPSA) is 65.4 Å². The number of para-hydroxylation sites is 1. The second-order valence-electron chi connectivity index (χ2n) is 5.49. The van der Waals surface area contributed by atoms with Gasteiger partial charge in [0.1, 0.15) is 11.4 Å². The van der Waals surface area contributed by atoms with Crippen LogP contribution in [0, 0.1) is 0 Å².